The summed E-state index contributed by atoms with van der Waals surface area (Å²) >= 11 is 0. The summed E-state index contributed by atoms with van der Waals surface area (Å²) in [5, 5.41) is 0. The van der Waals surface area contributed by atoms with Crippen molar-refractivity contribution >= 4 is 5.69 Å². The van der Waals surface area contributed by atoms with E-state index in [0.717, 1.165) is 23.5 Å². The molecular formula is C18H21NO2. The summed E-state index contributed by atoms with van der Waals surface area (Å²) in [7, 11) is 1.65. The molecule has 2 aromatic carbocycles. The van der Waals surface area contributed by atoms with Crippen LogP contribution in [0.15, 0.2) is 36.4 Å². The van der Waals surface area contributed by atoms with Crippen molar-refractivity contribution in [3.8, 4) is 11.5 Å². The van der Waals surface area contributed by atoms with Crippen molar-refractivity contribution in [3.63, 3.8) is 0 Å². The van der Waals surface area contributed by atoms with E-state index >= 15 is 0 Å². The van der Waals surface area contributed by atoms with Crippen LogP contribution < -0.4 is 15.2 Å². The molecule has 110 valence electrons. The minimum atomic E-state index is 0.488. The lowest BCUT2D eigenvalue weighted by Crippen LogP contribution is -2.04. The minimum Gasteiger partial charge on any atom is -0.496 e. The average Bonchev–Trinajstić information content (AvgIpc) is 2.53. The minimum absolute atomic E-state index is 0.488. The van der Waals surface area contributed by atoms with Gasteiger partial charge in [-0.15, -0.1) is 0 Å². The van der Waals surface area contributed by atoms with Gasteiger partial charge in [0.15, 0.2) is 0 Å². The standard InChI is InChI=1S/C18H21NO2/c1-20-18-11-16(19)8-6-15(18)12-21-17-9-7-13-4-2-3-5-14(13)10-17/h6-11H,2-5,12,19H2,1H3. The van der Waals surface area contributed by atoms with Gasteiger partial charge < -0.3 is 15.2 Å². The predicted octanol–water partition coefficient (Wildman–Crippen LogP) is 3.74. The van der Waals surface area contributed by atoms with Crippen LogP contribution >= 0.6 is 0 Å². The van der Waals surface area contributed by atoms with Crippen molar-refractivity contribution in [1.29, 1.82) is 0 Å². The van der Waals surface area contributed by atoms with E-state index in [1.807, 2.05) is 18.2 Å². The molecule has 0 bridgehead atoms. The van der Waals surface area contributed by atoms with Crippen LogP contribution in [0.5, 0.6) is 11.5 Å². The summed E-state index contributed by atoms with van der Waals surface area (Å²) in [6.45, 7) is 0.488. The Bertz CT molecular complexity index is 637. The lowest BCUT2D eigenvalue weighted by Gasteiger charge is -2.17. The van der Waals surface area contributed by atoms with Crippen molar-refractivity contribution in [3.05, 3.63) is 53.1 Å². The number of anilines is 1. The SMILES string of the molecule is COc1cc(N)ccc1COc1ccc2c(c1)CCCC2. The predicted molar refractivity (Wildman–Crippen MR) is 84.8 cm³/mol. The normalized spacial score (nSPS) is 13.6. The molecule has 3 nitrogen and oxygen atoms in total. The molecule has 0 fully saturated rings. The van der Waals surface area contributed by atoms with Gasteiger partial charge in [0.05, 0.1) is 7.11 Å². The van der Waals surface area contributed by atoms with Crippen LogP contribution in [-0.2, 0) is 19.4 Å². The number of fused-ring (bicyclic) bond motifs is 1. The Labute approximate surface area is 125 Å². The van der Waals surface area contributed by atoms with Gasteiger partial charge in [-0.1, -0.05) is 6.07 Å². The molecule has 3 rings (SSSR count). The summed E-state index contributed by atoms with van der Waals surface area (Å²) in [6, 6.07) is 12.1. The van der Waals surface area contributed by atoms with Crippen molar-refractivity contribution < 1.29 is 9.47 Å². The van der Waals surface area contributed by atoms with Crippen LogP contribution in [-0.4, -0.2) is 7.11 Å². The summed E-state index contributed by atoms with van der Waals surface area (Å²) in [6.07, 6.45) is 4.94. The number of nitrogens with two attached hydrogens (primary N) is 1. The monoisotopic (exact) mass is 283 g/mol. The van der Waals surface area contributed by atoms with Gasteiger partial charge in [-0.3, -0.25) is 0 Å². The first-order valence-corrected chi connectivity index (χ1v) is 7.43. The molecule has 0 unspecified atom stereocenters. The number of nitrogen functional groups attached to an aromatic ring is 1. The Morgan fingerprint density at radius 1 is 1.00 bits per heavy atom. The third kappa shape index (κ3) is 3.13. The molecule has 0 heterocycles. The van der Waals surface area contributed by atoms with Crippen LogP contribution in [0.25, 0.3) is 0 Å². The second-order valence-electron chi connectivity index (χ2n) is 5.50. The zero-order chi connectivity index (χ0) is 14.7. The van der Waals surface area contributed by atoms with Crippen LogP contribution in [0.4, 0.5) is 5.69 Å². The molecule has 1 aliphatic rings. The first-order chi connectivity index (χ1) is 10.3. The van der Waals surface area contributed by atoms with E-state index in [9.17, 15) is 0 Å². The molecular weight excluding hydrogens is 262 g/mol. The van der Waals surface area contributed by atoms with Crippen LogP contribution in [0.2, 0.25) is 0 Å². The van der Waals surface area contributed by atoms with Gasteiger partial charge in [-0.05, 0) is 61.1 Å². The smallest absolute Gasteiger partial charge is 0.127 e. The van der Waals surface area contributed by atoms with E-state index in [2.05, 4.69) is 18.2 Å². The summed E-state index contributed by atoms with van der Waals surface area (Å²) < 4.78 is 11.3. The molecule has 1 aliphatic carbocycles. The van der Waals surface area contributed by atoms with Crippen molar-refractivity contribution in [2.45, 2.75) is 32.3 Å². The largest absolute Gasteiger partial charge is 0.496 e. The third-order valence-electron chi connectivity index (χ3n) is 4.03. The van der Waals surface area contributed by atoms with Gasteiger partial charge in [-0.25, -0.2) is 0 Å². The number of ether oxygens (including phenoxy) is 2. The Morgan fingerprint density at radius 2 is 1.81 bits per heavy atom. The maximum absolute atomic E-state index is 5.92. The summed E-state index contributed by atoms with van der Waals surface area (Å²) in [5.74, 6) is 1.70. The number of hydrogen-bond donors (Lipinski definition) is 1. The fraction of sp³-hybridized carbons (Fsp3) is 0.333. The van der Waals surface area contributed by atoms with Gasteiger partial charge >= 0.3 is 0 Å². The number of aryl methyl sites for hydroxylation is 2. The maximum atomic E-state index is 5.92. The average molecular weight is 283 g/mol. The number of methoxy groups -OCH3 is 1. The molecule has 0 spiro atoms. The molecule has 0 atom stereocenters. The van der Waals surface area contributed by atoms with E-state index in [0.29, 0.717) is 12.3 Å². The van der Waals surface area contributed by atoms with Gasteiger partial charge in [-0.2, -0.15) is 0 Å². The fourth-order valence-electron chi connectivity index (χ4n) is 2.84. The molecule has 0 aliphatic heterocycles. The fourth-order valence-corrected chi connectivity index (χ4v) is 2.84. The molecule has 0 amide bonds. The molecule has 0 aromatic heterocycles. The van der Waals surface area contributed by atoms with Gasteiger partial charge in [0.25, 0.3) is 0 Å². The molecule has 0 saturated heterocycles. The number of benzene rings is 2. The third-order valence-corrected chi connectivity index (χ3v) is 4.03. The van der Waals surface area contributed by atoms with Crippen LogP contribution in [0.1, 0.15) is 29.5 Å². The first-order valence-electron chi connectivity index (χ1n) is 7.43. The highest BCUT2D eigenvalue weighted by Crippen LogP contribution is 2.27. The lowest BCUT2D eigenvalue weighted by atomic mass is 9.92. The second kappa shape index (κ2) is 6.08. The van der Waals surface area contributed by atoms with Crippen LogP contribution in [0, 0.1) is 0 Å². The summed E-state index contributed by atoms with van der Waals surface area (Å²) in [4.78, 5) is 0. The van der Waals surface area contributed by atoms with Gasteiger partial charge in [0, 0.05) is 17.3 Å². The Kier molecular flexibility index (Phi) is 4.00. The molecule has 2 N–H and O–H groups in total. The van der Waals surface area contributed by atoms with Crippen molar-refractivity contribution in [2.75, 3.05) is 12.8 Å². The van der Waals surface area contributed by atoms with E-state index in [4.69, 9.17) is 15.2 Å². The second-order valence-corrected chi connectivity index (χ2v) is 5.50. The highest BCUT2D eigenvalue weighted by atomic mass is 16.5. The molecule has 2 aromatic rings. The molecule has 21 heavy (non-hydrogen) atoms. The van der Waals surface area contributed by atoms with Crippen molar-refractivity contribution in [1.82, 2.24) is 0 Å². The molecule has 3 heteroatoms. The van der Waals surface area contributed by atoms with E-state index in [1.54, 1.807) is 7.11 Å². The van der Waals surface area contributed by atoms with Crippen molar-refractivity contribution in [2.24, 2.45) is 0 Å². The number of hydrogen-bond acceptors (Lipinski definition) is 3. The Hall–Kier alpha value is -2.16. The van der Waals surface area contributed by atoms with Gasteiger partial charge in [0.2, 0.25) is 0 Å². The summed E-state index contributed by atoms with van der Waals surface area (Å²) in [5.41, 5.74) is 10.4. The Morgan fingerprint density at radius 3 is 2.62 bits per heavy atom. The van der Waals surface area contributed by atoms with E-state index in [-0.39, 0.29) is 0 Å². The highest BCUT2D eigenvalue weighted by molar-refractivity contribution is 5.48. The zero-order valence-electron chi connectivity index (χ0n) is 12.4. The van der Waals surface area contributed by atoms with E-state index in [1.165, 1.54) is 30.4 Å². The lowest BCUT2D eigenvalue weighted by molar-refractivity contribution is 0.296. The topological polar surface area (TPSA) is 44.5 Å². The molecule has 0 saturated carbocycles. The van der Waals surface area contributed by atoms with Gasteiger partial charge in [0.1, 0.15) is 18.1 Å². The number of rotatable bonds is 4. The zero-order valence-corrected chi connectivity index (χ0v) is 12.4. The molecule has 0 radical (unpaired) electrons. The van der Waals surface area contributed by atoms with Crippen LogP contribution in [0.3, 0.4) is 0 Å². The maximum Gasteiger partial charge on any atom is 0.127 e. The highest BCUT2D eigenvalue weighted by Gasteiger charge is 2.10. The quantitative estimate of drug-likeness (QED) is 0.869. The first kappa shape index (κ1) is 13.8. The Balaban J connectivity index is 1.73. The van der Waals surface area contributed by atoms with E-state index < -0.39 is 0 Å².